The van der Waals surface area contributed by atoms with Gasteiger partial charge in [0.1, 0.15) is 0 Å². The van der Waals surface area contributed by atoms with E-state index in [-0.39, 0.29) is 11.3 Å². The fourth-order valence-electron chi connectivity index (χ4n) is 2.36. The first-order valence-corrected chi connectivity index (χ1v) is 7.24. The van der Waals surface area contributed by atoms with Gasteiger partial charge < -0.3 is 14.6 Å². The third-order valence-electron chi connectivity index (χ3n) is 3.44. The smallest absolute Gasteiger partial charge is 0.338 e. The Bertz CT molecular complexity index is 877. The molecule has 0 saturated carbocycles. The summed E-state index contributed by atoms with van der Waals surface area (Å²) >= 11 is 5.96. The number of rotatable bonds is 4. The molecule has 0 atom stereocenters. The summed E-state index contributed by atoms with van der Waals surface area (Å²) in [5, 5.41) is 3.07. The van der Waals surface area contributed by atoms with Crippen molar-refractivity contribution in [2.24, 2.45) is 0 Å². The fraction of sp³-hybridized carbons (Fsp3) is 0.200. The Labute approximate surface area is 137 Å². The van der Waals surface area contributed by atoms with E-state index in [2.05, 4.69) is 20.3 Å². The van der Waals surface area contributed by atoms with Gasteiger partial charge in [0.2, 0.25) is 5.28 Å². The average molecular weight is 332 g/mol. The van der Waals surface area contributed by atoms with Crippen LogP contribution in [0.4, 0.5) is 5.82 Å². The molecule has 0 saturated heterocycles. The van der Waals surface area contributed by atoms with Crippen LogP contribution < -0.4 is 5.32 Å². The summed E-state index contributed by atoms with van der Waals surface area (Å²) in [6.45, 7) is 0.415. The van der Waals surface area contributed by atoms with Crippen LogP contribution in [0.1, 0.15) is 15.9 Å². The molecule has 2 aromatic heterocycles. The zero-order valence-corrected chi connectivity index (χ0v) is 13.3. The molecule has 0 spiro atoms. The Morgan fingerprint density at radius 2 is 2.13 bits per heavy atom. The highest BCUT2D eigenvalue weighted by atomic mass is 35.5. The normalized spacial score (nSPS) is 10.7. The van der Waals surface area contributed by atoms with Crippen LogP contribution in [0, 0.1) is 0 Å². The minimum absolute atomic E-state index is 0.129. The topological polar surface area (TPSA) is 81.9 Å². The minimum Gasteiger partial charge on any atom is -0.465 e. The van der Waals surface area contributed by atoms with E-state index in [1.165, 1.54) is 7.11 Å². The van der Waals surface area contributed by atoms with Crippen molar-refractivity contribution in [3.63, 3.8) is 0 Å². The lowest BCUT2D eigenvalue weighted by atomic mass is 10.1. The Morgan fingerprint density at radius 1 is 1.35 bits per heavy atom. The number of methoxy groups -OCH3 is 1. The molecule has 1 N–H and O–H groups in total. The molecule has 0 aliphatic heterocycles. The summed E-state index contributed by atoms with van der Waals surface area (Å²) in [7, 11) is 3.10. The predicted molar refractivity (Wildman–Crippen MR) is 86.8 cm³/mol. The lowest BCUT2D eigenvalue weighted by molar-refractivity contribution is 0.0599. The largest absolute Gasteiger partial charge is 0.465 e. The van der Waals surface area contributed by atoms with Gasteiger partial charge in [-0.1, -0.05) is 18.2 Å². The van der Waals surface area contributed by atoms with E-state index in [4.69, 9.17) is 16.3 Å². The maximum absolute atomic E-state index is 11.9. The van der Waals surface area contributed by atoms with Crippen molar-refractivity contribution in [1.29, 1.82) is 0 Å². The van der Waals surface area contributed by atoms with E-state index < -0.39 is 0 Å². The highest BCUT2D eigenvalue weighted by Crippen LogP contribution is 2.22. The highest BCUT2D eigenvalue weighted by Gasteiger charge is 2.15. The van der Waals surface area contributed by atoms with Crippen LogP contribution in [0.25, 0.3) is 11.2 Å². The average Bonchev–Trinajstić information content (AvgIpc) is 2.96. The molecule has 0 fully saturated rings. The predicted octanol–water partition coefficient (Wildman–Crippen LogP) is 2.36. The maximum atomic E-state index is 11.9. The van der Waals surface area contributed by atoms with Gasteiger partial charge in [0.25, 0.3) is 0 Å². The number of esters is 1. The molecule has 118 valence electrons. The van der Waals surface area contributed by atoms with Crippen LogP contribution in [-0.2, 0) is 11.3 Å². The van der Waals surface area contributed by atoms with Crippen molar-refractivity contribution in [3.05, 3.63) is 47.0 Å². The van der Waals surface area contributed by atoms with Crippen molar-refractivity contribution >= 4 is 34.6 Å². The number of hydrogen-bond donors (Lipinski definition) is 1. The van der Waals surface area contributed by atoms with Crippen molar-refractivity contribution in [3.8, 4) is 0 Å². The van der Waals surface area contributed by atoms with E-state index >= 15 is 0 Å². The van der Waals surface area contributed by atoms with Gasteiger partial charge in [-0.05, 0) is 23.2 Å². The SMILES string of the molecule is CNc1nc(Cl)nc2c1ncn2Cc1ccccc1C(=O)OC. The molecule has 0 amide bonds. The number of carbonyl (C=O) groups is 1. The summed E-state index contributed by atoms with van der Waals surface area (Å²) in [5.74, 6) is 0.175. The molecule has 0 aliphatic carbocycles. The first-order valence-electron chi connectivity index (χ1n) is 6.86. The van der Waals surface area contributed by atoms with E-state index in [1.807, 2.05) is 16.7 Å². The van der Waals surface area contributed by atoms with Crippen LogP contribution in [0.15, 0.2) is 30.6 Å². The molecule has 8 heteroatoms. The molecule has 0 radical (unpaired) electrons. The van der Waals surface area contributed by atoms with Gasteiger partial charge in [-0.2, -0.15) is 9.97 Å². The van der Waals surface area contributed by atoms with Crippen LogP contribution >= 0.6 is 11.6 Å². The molecular formula is C15H14ClN5O2. The van der Waals surface area contributed by atoms with Crippen molar-refractivity contribution in [2.45, 2.75) is 6.54 Å². The number of hydrogen-bond acceptors (Lipinski definition) is 6. The molecule has 7 nitrogen and oxygen atoms in total. The Balaban J connectivity index is 2.07. The number of nitrogens with zero attached hydrogens (tertiary/aromatic N) is 4. The van der Waals surface area contributed by atoms with E-state index in [0.29, 0.717) is 29.1 Å². The van der Waals surface area contributed by atoms with Gasteiger partial charge in [0.05, 0.1) is 25.5 Å². The summed E-state index contributed by atoms with van der Waals surface area (Å²) in [4.78, 5) is 24.5. The minimum atomic E-state index is -0.381. The monoisotopic (exact) mass is 331 g/mol. The zero-order chi connectivity index (χ0) is 16.4. The lowest BCUT2D eigenvalue weighted by Gasteiger charge is -2.09. The molecule has 0 unspecified atom stereocenters. The molecule has 3 aromatic rings. The van der Waals surface area contributed by atoms with Crippen molar-refractivity contribution in [2.75, 3.05) is 19.5 Å². The Morgan fingerprint density at radius 3 is 2.87 bits per heavy atom. The van der Waals surface area contributed by atoms with Crippen LogP contribution in [0.5, 0.6) is 0 Å². The molecule has 0 bridgehead atoms. The number of carbonyl (C=O) groups excluding carboxylic acids is 1. The number of halogens is 1. The van der Waals surface area contributed by atoms with Crippen LogP contribution in [0.3, 0.4) is 0 Å². The lowest BCUT2D eigenvalue weighted by Crippen LogP contribution is -2.09. The van der Waals surface area contributed by atoms with E-state index in [9.17, 15) is 4.79 Å². The Kier molecular flexibility index (Phi) is 4.12. The number of anilines is 1. The molecule has 1 aromatic carbocycles. The number of aromatic nitrogens is 4. The first kappa shape index (κ1) is 15.2. The molecule has 23 heavy (non-hydrogen) atoms. The van der Waals surface area contributed by atoms with Gasteiger partial charge in [-0.3, -0.25) is 0 Å². The van der Waals surface area contributed by atoms with Crippen LogP contribution in [0.2, 0.25) is 5.28 Å². The number of fused-ring (bicyclic) bond motifs is 1. The van der Waals surface area contributed by atoms with Crippen LogP contribution in [-0.4, -0.2) is 39.6 Å². The third kappa shape index (κ3) is 2.83. The standard InChI is InChI=1S/C15H14ClN5O2/c1-17-12-11-13(20-15(16)19-12)21(8-18-11)7-9-5-3-4-6-10(9)14(22)23-2/h3-6,8H,7H2,1-2H3,(H,17,19,20). The number of ether oxygens (including phenoxy) is 1. The molecular weight excluding hydrogens is 318 g/mol. The third-order valence-corrected chi connectivity index (χ3v) is 3.61. The summed E-state index contributed by atoms with van der Waals surface area (Å²) in [6, 6.07) is 7.24. The first-order chi connectivity index (χ1) is 11.1. The van der Waals surface area contributed by atoms with Gasteiger partial charge in [0.15, 0.2) is 17.0 Å². The van der Waals surface area contributed by atoms with Gasteiger partial charge in [0, 0.05) is 7.05 Å². The second-order valence-corrected chi connectivity index (χ2v) is 5.12. The number of nitrogens with one attached hydrogen (secondary N) is 1. The molecule has 0 aliphatic rings. The van der Waals surface area contributed by atoms with Crippen molar-refractivity contribution < 1.29 is 9.53 Å². The fourth-order valence-corrected chi connectivity index (χ4v) is 2.52. The quantitative estimate of drug-likeness (QED) is 0.584. The summed E-state index contributed by atoms with van der Waals surface area (Å²) in [5.41, 5.74) is 2.52. The highest BCUT2D eigenvalue weighted by molar-refractivity contribution is 6.28. The van der Waals surface area contributed by atoms with Crippen molar-refractivity contribution in [1.82, 2.24) is 19.5 Å². The van der Waals surface area contributed by atoms with Gasteiger partial charge >= 0.3 is 5.97 Å². The van der Waals surface area contributed by atoms with Gasteiger partial charge in [-0.15, -0.1) is 0 Å². The second kappa shape index (κ2) is 6.21. The zero-order valence-electron chi connectivity index (χ0n) is 12.6. The number of imidazole rings is 1. The maximum Gasteiger partial charge on any atom is 0.338 e. The van der Waals surface area contributed by atoms with E-state index in [0.717, 1.165) is 5.56 Å². The Hall–Kier alpha value is -2.67. The van der Waals surface area contributed by atoms with E-state index in [1.54, 1.807) is 25.5 Å². The summed E-state index contributed by atoms with van der Waals surface area (Å²) < 4.78 is 6.63. The number of benzene rings is 1. The molecule has 2 heterocycles. The van der Waals surface area contributed by atoms with Gasteiger partial charge in [-0.25, -0.2) is 9.78 Å². The molecule has 3 rings (SSSR count). The second-order valence-electron chi connectivity index (χ2n) is 4.78. The summed E-state index contributed by atoms with van der Waals surface area (Å²) in [6.07, 6.45) is 1.64.